The molecule has 2 heteroatoms. The van der Waals surface area contributed by atoms with Crippen LogP contribution in [-0.2, 0) is 11.2 Å². The molecular weight excluding hydrogens is 260 g/mol. The number of hydrogen-bond acceptors (Lipinski definition) is 2. The predicted octanol–water partition coefficient (Wildman–Crippen LogP) is 3.67. The molecule has 0 radical (unpaired) electrons. The van der Waals surface area contributed by atoms with Crippen molar-refractivity contribution < 1.29 is 9.53 Å². The zero-order chi connectivity index (χ0) is 14.2. The Balaban J connectivity index is 1.73. The van der Waals surface area contributed by atoms with E-state index in [1.165, 1.54) is 11.1 Å². The van der Waals surface area contributed by atoms with Crippen LogP contribution in [0.2, 0.25) is 0 Å². The molecule has 104 valence electrons. The molecule has 21 heavy (non-hydrogen) atoms. The van der Waals surface area contributed by atoms with E-state index in [1.807, 2.05) is 36.4 Å². The van der Waals surface area contributed by atoms with Crippen LogP contribution in [0.1, 0.15) is 23.5 Å². The fourth-order valence-electron chi connectivity index (χ4n) is 3.37. The molecule has 0 N–H and O–H groups in total. The van der Waals surface area contributed by atoms with Gasteiger partial charge in [0.25, 0.3) is 0 Å². The van der Waals surface area contributed by atoms with Gasteiger partial charge in [-0.05, 0) is 17.2 Å². The summed E-state index contributed by atoms with van der Waals surface area (Å²) in [6.07, 6.45) is 1.31. The van der Waals surface area contributed by atoms with Gasteiger partial charge in [0, 0.05) is 29.9 Å². The third kappa shape index (κ3) is 2.07. The van der Waals surface area contributed by atoms with Gasteiger partial charge in [-0.3, -0.25) is 4.79 Å². The highest BCUT2D eigenvalue weighted by molar-refractivity contribution is 6.00. The first-order chi connectivity index (χ1) is 10.3. The fraction of sp³-hybridized carbons (Fsp3) is 0.211. The SMILES string of the molecule is O=C1CC2C(=C1Cc1ccccc1)COc1ccccc12. The molecule has 2 aromatic carbocycles. The van der Waals surface area contributed by atoms with Gasteiger partial charge in [0.2, 0.25) is 0 Å². The quantitative estimate of drug-likeness (QED) is 0.836. The van der Waals surface area contributed by atoms with Crippen molar-refractivity contribution in [1.82, 2.24) is 0 Å². The number of hydrogen-bond donors (Lipinski definition) is 0. The van der Waals surface area contributed by atoms with Crippen molar-refractivity contribution in [2.75, 3.05) is 6.61 Å². The van der Waals surface area contributed by atoms with E-state index in [9.17, 15) is 4.79 Å². The van der Waals surface area contributed by atoms with Gasteiger partial charge in [0.1, 0.15) is 12.4 Å². The van der Waals surface area contributed by atoms with Crippen LogP contribution in [0, 0.1) is 0 Å². The molecule has 0 bridgehead atoms. The molecule has 0 spiro atoms. The van der Waals surface area contributed by atoms with Gasteiger partial charge in [0.15, 0.2) is 5.78 Å². The lowest BCUT2D eigenvalue weighted by atomic mass is 9.89. The number of para-hydroxylation sites is 1. The number of carbonyl (C=O) groups excluding carboxylic acids is 1. The summed E-state index contributed by atoms with van der Waals surface area (Å²) in [6.45, 7) is 0.551. The van der Waals surface area contributed by atoms with Gasteiger partial charge in [0.05, 0.1) is 0 Å². The van der Waals surface area contributed by atoms with E-state index in [0.717, 1.165) is 23.3 Å². The monoisotopic (exact) mass is 276 g/mol. The van der Waals surface area contributed by atoms with Crippen molar-refractivity contribution in [3.05, 3.63) is 76.9 Å². The molecule has 1 aliphatic heterocycles. The van der Waals surface area contributed by atoms with Gasteiger partial charge in [-0.2, -0.15) is 0 Å². The molecule has 0 amide bonds. The van der Waals surface area contributed by atoms with Crippen molar-refractivity contribution in [1.29, 1.82) is 0 Å². The minimum Gasteiger partial charge on any atom is -0.489 e. The topological polar surface area (TPSA) is 26.3 Å². The van der Waals surface area contributed by atoms with Crippen molar-refractivity contribution >= 4 is 5.78 Å². The normalized spacial score (nSPS) is 20.0. The number of fused-ring (bicyclic) bond motifs is 3. The molecule has 4 rings (SSSR count). The highest BCUT2D eigenvalue weighted by Crippen LogP contribution is 2.45. The van der Waals surface area contributed by atoms with E-state index in [-0.39, 0.29) is 11.7 Å². The van der Waals surface area contributed by atoms with E-state index >= 15 is 0 Å². The minimum absolute atomic E-state index is 0.223. The van der Waals surface area contributed by atoms with Gasteiger partial charge in [-0.25, -0.2) is 0 Å². The van der Waals surface area contributed by atoms with Crippen LogP contribution >= 0.6 is 0 Å². The lowest BCUT2D eigenvalue weighted by molar-refractivity contribution is -0.115. The van der Waals surface area contributed by atoms with E-state index in [4.69, 9.17) is 4.74 Å². The van der Waals surface area contributed by atoms with Crippen molar-refractivity contribution in [3.8, 4) is 5.75 Å². The summed E-state index contributed by atoms with van der Waals surface area (Å²) in [6, 6.07) is 18.3. The van der Waals surface area contributed by atoms with Crippen LogP contribution in [0.3, 0.4) is 0 Å². The maximum Gasteiger partial charge on any atom is 0.160 e. The summed E-state index contributed by atoms with van der Waals surface area (Å²) >= 11 is 0. The predicted molar refractivity (Wildman–Crippen MR) is 81.5 cm³/mol. The number of ether oxygens (including phenoxy) is 1. The zero-order valence-corrected chi connectivity index (χ0v) is 11.7. The first-order valence-corrected chi connectivity index (χ1v) is 7.33. The Bertz CT molecular complexity index is 728. The summed E-state index contributed by atoms with van der Waals surface area (Å²) in [7, 11) is 0. The Morgan fingerprint density at radius 1 is 1.00 bits per heavy atom. The number of Topliss-reactive ketones (excluding diaryl/α,β-unsaturated/α-hetero) is 1. The zero-order valence-electron chi connectivity index (χ0n) is 11.7. The number of carbonyl (C=O) groups is 1. The maximum absolute atomic E-state index is 12.4. The number of ketones is 1. The summed E-state index contributed by atoms with van der Waals surface area (Å²) < 4.78 is 5.84. The first kappa shape index (κ1) is 12.4. The van der Waals surface area contributed by atoms with Crippen LogP contribution in [0.4, 0.5) is 0 Å². The first-order valence-electron chi connectivity index (χ1n) is 7.33. The van der Waals surface area contributed by atoms with Gasteiger partial charge >= 0.3 is 0 Å². The molecule has 1 aliphatic carbocycles. The van der Waals surface area contributed by atoms with Crippen LogP contribution in [0.25, 0.3) is 0 Å². The molecule has 1 atom stereocenters. The number of benzene rings is 2. The van der Waals surface area contributed by atoms with E-state index in [0.29, 0.717) is 13.0 Å². The van der Waals surface area contributed by atoms with Crippen molar-refractivity contribution in [2.24, 2.45) is 0 Å². The Hall–Kier alpha value is -2.35. The Kier molecular flexibility index (Phi) is 2.88. The summed E-state index contributed by atoms with van der Waals surface area (Å²) in [5, 5.41) is 0. The molecule has 0 saturated carbocycles. The van der Waals surface area contributed by atoms with Crippen LogP contribution in [0.5, 0.6) is 5.75 Å². The number of rotatable bonds is 2. The molecular formula is C19H16O2. The van der Waals surface area contributed by atoms with Gasteiger partial charge < -0.3 is 4.74 Å². The molecule has 0 aromatic heterocycles. The van der Waals surface area contributed by atoms with Crippen LogP contribution in [0.15, 0.2) is 65.7 Å². The second-order valence-electron chi connectivity index (χ2n) is 5.67. The molecule has 2 aromatic rings. The van der Waals surface area contributed by atoms with E-state index in [1.54, 1.807) is 0 Å². The van der Waals surface area contributed by atoms with E-state index < -0.39 is 0 Å². The second kappa shape index (κ2) is 4.88. The van der Waals surface area contributed by atoms with Crippen molar-refractivity contribution in [2.45, 2.75) is 18.8 Å². The average Bonchev–Trinajstić information content (AvgIpc) is 2.85. The smallest absolute Gasteiger partial charge is 0.160 e. The second-order valence-corrected chi connectivity index (χ2v) is 5.67. The maximum atomic E-state index is 12.4. The summed E-state index contributed by atoms with van der Waals surface area (Å²) in [5.41, 5.74) is 4.49. The fourth-order valence-corrected chi connectivity index (χ4v) is 3.37. The Morgan fingerprint density at radius 3 is 2.62 bits per heavy atom. The average molecular weight is 276 g/mol. The molecule has 0 fully saturated rings. The van der Waals surface area contributed by atoms with Crippen molar-refractivity contribution in [3.63, 3.8) is 0 Å². The molecule has 0 saturated heterocycles. The summed E-state index contributed by atoms with van der Waals surface area (Å²) in [5.74, 6) is 1.43. The largest absolute Gasteiger partial charge is 0.489 e. The molecule has 2 nitrogen and oxygen atoms in total. The minimum atomic E-state index is 0.223. The lowest BCUT2D eigenvalue weighted by Gasteiger charge is -2.25. The van der Waals surface area contributed by atoms with Crippen LogP contribution < -0.4 is 4.74 Å². The van der Waals surface area contributed by atoms with E-state index in [2.05, 4.69) is 18.2 Å². The van der Waals surface area contributed by atoms with Crippen LogP contribution in [-0.4, -0.2) is 12.4 Å². The highest BCUT2D eigenvalue weighted by atomic mass is 16.5. The molecule has 1 unspecified atom stereocenters. The molecule has 2 aliphatic rings. The number of allylic oxidation sites excluding steroid dienone is 1. The highest BCUT2D eigenvalue weighted by Gasteiger charge is 2.37. The van der Waals surface area contributed by atoms with Gasteiger partial charge in [-0.15, -0.1) is 0 Å². The third-order valence-electron chi connectivity index (χ3n) is 4.44. The Morgan fingerprint density at radius 2 is 1.76 bits per heavy atom. The standard InChI is InChI=1S/C19H16O2/c20-18-11-15-14-8-4-5-9-19(14)21-12-17(15)16(18)10-13-6-2-1-3-7-13/h1-9,15H,10-12H2. The summed E-state index contributed by atoms with van der Waals surface area (Å²) in [4.78, 5) is 12.4. The Labute approximate surface area is 124 Å². The lowest BCUT2D eigenvalue weighted by Crippen LogP contribution is -2.15. The van der Waals surface area contributed by atoms with Gasteiger partial charge in [-0.1, -0.05) is 48.5 Å². The molecule has 1 heterocycles. The third-order valence-corrected chi connectivity index (χ3v) is 4.44.